The minimum Gasteiger partial charge on any atom is -0.381 e. The molecule has 2 aromatic rings. The van der Waals surface area contributed by atoms with Crippen molar-refractivity contribution in [3.8, 4) is 0 Å². The summed E-state index contributed by atoms with van der Waals surface area (Å²) in [7, 11) is 0. The molecular weight excluding hydrogens is 319 g/mol. The summed E-state index contributed by atoms with van der Waals surface area (Å²) in [5.41, 5.74) is 1.85. The van der Waals surface area contributed by atoms with Crippen LogP contribution >= 0.6 is 15.9 Å². The molecule has 0 aliphatic rings. The molecule has 0 heterocycles. The molecular formula is C14H11BrF3N. The van der Waals surface area contributed by atoms with Crippen LogP contribution in [0.25, 0.3) is 0 Å². The van der Waals surface area contributed by atoms with Crippen molar-refractivity contribution >= 4 is 21.6 Å². The van der Waals surface area contributed by atoms with Crippen molar-refractivity contribution in [1.82, 2.24) is 0 Å². The molecule has 2 aromatic carbocycles. The zero-order valence-corrected chi connectivity index (χ0v) is 11.7. The standard InChI is InChI=1S/C14H11BrF3N/c1-8-10(15)3-2-4-14(8)19-7-9-5-12(17)13(18)6-11(9)16/h2-6,19H,7H2,1H3. The van der Waals surface area contributed by atoms with Gasteiger partial charge in [-0.2, -0.15) is 0 Å². The van der Waals surface area contributed by atoms with Crippen LogP contribution in [0.1, 0.15) is 11.1 Å². The summed E-state index contributed by atoms with van der Waals surface area (Å²) in [5, 5.41) is 3.00. The summed E-state index contributed by atoms with van der Waals surface area (Å²) >= 11 is 3.38. The molecule has 0 spiro atoms. The Labute approximate surface area is 117 Å². The number of hydrogen-bond donors (Lipinski definition) is 1. The highest BCUT2D eigenvalue weighted by atomic mass is 79.9. The van der Waals surface area contributed by atoms with Crippen molar-refractivity contribution in [2.45, 2.75) is 13.5 Å². The maximum atomic E-state index is 13.5. The summed E-state index contributed by atoms with van der Waals surface area (Å²) in [6, 6.07) is 6.97. The van der Waals surface area contributed by atoms with Crippen LogP contribution in [0, 0.1) is 24.4 Å². The molecule has 1 nitrogen and oxygen atoms in total. The quantitative estimate of drug-likeness (QED) is 0.798. The van der Waals surface area contributed by atoms with Crippen LogP contribution in [0.5, 0.6) is 0 Å². The Bertz CT molecular complexity index is 614. The summed E-state index contributed by atoms with van der Waals surface area (Å²) in [6.45, 7) is 1.98. The number of halogens is 4. The lowest BCUT2D eigenvalue weighted by Gasteiger charge is -2.11. The molecule has 0 aromatic heterocycles. The number of hydrogen-bond acceptors (Lipinski definition) is 1. The van der Waals surface area contributed by atoms with E-state index in [1.54, 1.807) is 0 Å². The first kappa shape index (κ1) is 13.9. The average Bonchev–Trinajstić information content (AvgIpc) is 2.37. The number of nitrogens with one attached hydrogen (secondary N) is 1. The molecule has 2 rings (SSSR count). The minimum absolute atomic E-state index is 0.0817. The lowest BCUT2D eigenvalue weighted by atomic mass is 10.1. The Kier molecular flexibility index (Phi) is 4.14. The summed E-state index contributed by atoms with van der Waals surface area (Å²) < 4.78 is 40.2. The first-order valence-corrected chi connectivity index (χ1v) is 6.40. The molecule has 0 aliphatic heterocycles. The molecule has 0 unspecified atom stereocenters. The third-order valence-electron chi connectivity index (χ3n) is 2.83. The third-order valence-corrected chi connectivity index (χ3v) is 3.69. The van der Waals surface area contributed by atoms with E-state index in [-0.39, 0.29) is 12.1 Å². The highest BCUT2D eigenvalue weighted by Gasteiger charge is 2.10. The van der Waals surface area contributed by atoms with Crippen LogP contribution in [0.3, 0.4) is 0 Å². The molecule has 0 bridgehead atoms. The van der Waals surface area contributed by atoms with Gasteiger partial charge >= 0.3 is 0 Å². The summed E-state index contributed by atoms with van der Waals surface area (Å²) in [5.74, 6) is -3.00. The molecule has 19 heavy (non-hydrogen) atoms. The van der Waals surface area contributed by atoms with Crippen LogP contribution in [0.4, 0.5) is 18.9 Å². The zero-order chi connectivity index (χ0) is 14.0. The van der Waals surface area contributed by atoms with E-state index in [1.807, 2.05) is 25.1 Å². The number of anilines is 1. The fourth-order valence-electron chi connectivity index (χ4n) is 1.69. The maximum absolute atomic E-state index is 13.5. The molecule has 0 atom stereocenters. The number of benzene rings is 2. The smallest absolute Gasteiger partial charge is 0.161 e. The van der Waals surface area contributed by atoms with E-state index in [4.69, 9.17) is 0 Å². The van der Waals surface area contributed by atoms with Crippen molar-refractivity contribution in [3.63, 3.8) is 0 Å². The second-order valence-corrected chi connectivity index (χ2v) is 4.98. The van der Waals surface area contributed by atoms with E-state index in [0.717, 1.165) is 21.8 Å². The van der Waals surface area contributed by atoms with Gasteiger partial charge in [0.15, 0.2) is 11.6 Å². The van der Waals surface area contributed by atoms with Crippen molar-refractivity contribution in [2.24, 2.45) is 0 Å². The van der Waals surface area contributed by atoms with Gasteiger partial charge in [0.25, 0.3) is 0 Å². The third kappa shape index (κ3) is 3.10. The van der Waals surface area contributed by atoms with Gasteiger partial charge in [-0.25, -0.2) is 13.2 Å². The van der Waals surface area contributed by atoms with Gasteiger partial charge in [-0.1, -0.05) is 22.0 Å². The Hall–Kier alpha value is -1.49. The van der Waals surface area contributed by atoms with Gasteiger partial charge in [-0.05, 0) is 30.7 Å². The normalized spacial score (nSPS) is 10.6. The average molecular weight is 330 g/mol. The van der Waals surface area contributed by atoms with Gasteiger partial charge in [0.1, 0.15) is 5.82 Å². The second-order valence-electron chi connectivity index (χ2n) is 4.12. The molecule has 0 saturated carbocycles. The van der Waals surface area contributed by atoms with Crippen LogP contribution < -0.4 is 5.32 Å². The van der Waals surface area contributed by atoms with E-state index in [0.29, 0.717) is 6.07 Å². The molecule has 0 fully saturated rings. The van der Waals surface area contributed by atoms with Gasteiger partial charge in [0.2, 0.25) is 0 Å². The molecule has 0 radical (unpaired) electrons. The van der Waals surface area contributed by atoms with Gasteiger partial charge in [0, 0.05) is 28.3 Å². The van der Waals surface area contributed by atoms with E-state index >= 15 is 0 Å². The monoisotopic (exact) mass is 329 g/mol. The van der Waals surface area contributed by atoms with Crippen molar-refractivity contribution in [1.29, 1.82) is 0 Å². The maximum Gasteiger partial charge on any atom is 0.161 e. The van der Waals surface area contributed by atoms with Crippen LogP contribution in [0.2, 0.25) is 0 Å². The topological polar surface area (TPSA) is 12.0 Å². The zero-order valence-electron chi connectivity index (χ0n) is 10.1. The second kappa shape index (κ2) is 5.65. The van der Waals surface area contributed by atoms with Crippen LogP contribution in [0.15, 0.2) is 34.8 Å². The first-order chi connectivity index (χ1) is 8.99. The SMILES string of the molecule is Cc1c(Br)cccc1NCc1cc(F)c(F)cc1F. The van der Waals surface area contributed by atoms with Gasteiger partial charge in [0.05, 0.1) is 0 Å². The fraction of sp³-hybridized carbons (Fsp3) is 0.143. The molecule has 0 amide bonds. The summed E-state index contributed by atoms with van der Waals surface area (Å²) in [4.78, 5) is 0. The predicted molar refractivity (Wildman–Crippen MR) is 72.5 cm³/mol. The van der Waals surface area contributed by atoms with Crippen molar-refractivity contribution in [3.05, 3.63) is 63.4 Å². The fourth-order valence-corrected chi connectivity index (χ4v) is 2.05. The van der Waals surface area contributed by atoms with E-state index in [9.17, 15) is 13.2 Å². The highest BCUT2D eigenvalue weighted by Crippen LogP contribution is 2.24. The van der Waals surface area contributed by atoms with Crippen LogP contribution in [-0.4, -0.2) is 0 Å². The van der Waals surface area contributed by atoms with E-state index in [2.05, 4.69) is 21.2 Å². The molecule has 5 heteroatoms. The minimum atomic E-state index is -1.18. The van der Waals surface area contributed by atoms with Crippen molar-refractivity contribution in [2.75, 3.05) is 5.32 Å². The van der Waals surface area contributed by atoms with E-state index < -0.39 is 17.5 Å². The Balaban J connectivity index is 2.19. The molecule has 0 saturated heterocycles. The molecule has 0 aliphatic carbocycles. The Morgan fingerprint density at radius 3 is 2.47 bits per heavy atom. The van der Waals surface area contributed by atoms with Gasteiger partial charge < -0.3 is 5.32 Å². The Morgan fingerprint density at radius 2 is 1.74 bits per heavy atom. The lowest BCUT2D eigenvalue weighted by molar-refractivity contribution is 0.490. The Morgan fingerprint density at radius 1 is 1.05 bits per heavy atom. The lowest BCUT2D eigenvalue weighted by Crippen LogP contribution is -2.05. The van der Waals surface area contributed by atoms with Crippen LogP contribution in [-0.2, 0) is 6.54 Å². The van der Waals surface area contributed by atoms with Gasteiger partial charge in [-0.15, -0.1) is 0 Å². The highest BCUT2D eigenvalue weighted by molar-refractivity contribution is 9.10. The molecule has 1 N–H and O–H groups in total. The van der Waals surface area contributed by atoms with Crippen molar-refractivity contribution < 1.29 is 13.2 Å². The van der Waals surface area contributed by atoms with Gasteiger partial charge in [-0.3, -0.25) is 0 Å². The largest absolute Gasteiger partial charge is 0.381 e. The summed E-state index contributed by atoms with van der Waals surface area (Å²) in [6.07, 6.45) is 0. The molecule has 100 valence electrons. The number of rotatable bonds is 3. The first-order valence-electron chi connectivity index (χ1n) is 5.61. The predicted octanol–water partition coefficient (Wildman–Crippen LogP) is 4.79. The van der Waals surface area contributed by atoms with E-state index in [1.165, 1.54) is 0 Å².